The van der Waals surface area contributed by atoms with Crippen molar-refractivity contribution < 1.29 is 9.26 Å². The maximum Gasteiger partial charge on any atom is 0.229 e. The Morgan fingerprint density at radius 2 is 2.37 bits per heavy atom. The number of likely N-dealkylation sites (N-methyl/N-ethyl adjacent to an activating group) is 1. The number of nitrogens with one attached hydrogen (secondary N) is 1. The molecule has 0 aliphatic carbocycles. The van der Waals surface area contributed by atoms with E-state index in [-0.39, 0.29) is 24.6 Å². The van der Waals surface area contributed by atoms with Crippen LogP contribution in [0.5, 0.6) is 0 Å². The average molecular weight is 289 g/mol. The highest BCUT2D eigenvalue weighted by Crippen LogP contribution is 2.20. The van der Waals surface area contributed by atoms with Gasteiger partial charge in [-0.15, -0.1) is 12.4 Å². The molecular formula is C12H21ClN4O2. The predicted octanol–water partition coefficient (Wildman–Crippen LogP) is 0.789. The second-order valence-electron chi connectivity index (χ2n) is 5.09. The molecule has 6 nitrogen and oxygen atoms in total. The molecule has 108 valence electrons. The SMILES string of the molecule is CN1CCNCC1c1noc(CC2CCCO2)n1.Cl. The van der Waals surface area contributed by atoms with E-state index in [9.17, 15) is 0 Å². The normalized spacial score (nSPS) is 28.3. The van der Waals surface area contributed by atoms with Crippen LogP contribution < -0.4 is 5.32 Å². The van der Waals surface area contributed by atoms with E-state index in [4.69, 9.17) is 9.26 Å². The molecule has 1 N–H and O–H groups in total. The van der Waals surface area contributed by atoms with Crippen LogP contribution in [0.25, 0.3) is 0 Å². The number of nitrogens with zero attached hydrogens (tertiary/aromatic N) is 3. The highest BCUT2D eigenvalue weighted by atomic mass is 35.5. The number of aromatic nitrogens is 2. The lowest BCUT2D eigenvalue weighted by Crippen LogP contribution is -2.44. The molecule has 3 heterocycles. The summed E-state index contributed by atoms with van der Waals surface area (Å²) in [7, 11) is 2.10. The molecule has 0 aromatic carbocycles. The maximum atomic E-state index is 5.58. The molecule has 2 aliphatic heterocycles. The molecule has 2 aliphatic rings. The Kier molecular flexibility index (Phi) is 5.15. The molecule has 0 bridgehead atoms. The number of rotatable bonds is 3. The van der Waals surface area contributed by atoms with Crippen molar-refractivity contribution >= 4 is 12.4 Å². The van der Waals surface area contributed by atoms with E-state index in [0.717, 1.165) is 51.3 Å². The largest absolute Gasteiger partial charge is 0.378 e. The molecule has 0 radical (unpaired) electrons. The summed E-state index contributed by atoms with van der Waals surface area (Å²) in [5.41, 5.74) is 0. The minimum atomic E-state index is 0. The fraction of sp³-hybridized carbons (Fsp3) is 0.833. The third kappa shape index (κ3) is 3.45. The van der Waals surface area contributed by atoms with Crippen LogP contribution in [-0.2, 0) is 11.2 Å². The van der Waals surface area contributed by atoms with Gasteiger partial charge in [0.1, 0.15) is 0 Å². The van der Waals surface area contributed by atoms with Gasteiger partial charge in [0.15, 0.2) is 5.82 Å². The zero-order valence-electron chi connectivity index (χ0n) is 11.2. The highest BCUT2D eigenvalue weighted by Gasteiger charge is 2.26. The first kappa shape index (κ1) is 14.7. The Balaban J connectivity index is 0.00000133. The van der Waals surface area contributed by atoms with Crippen molar-refractivity contribution in [3.05, 3.63) is 11.7 Å². The molecule has 0 saturated carbocycles. The number of halogens is 1. The van der Waals surface area contributed by atoms with E-state index < -0.39 is 0 Å². The van der Waals surface area contributed by atoms with Crippen molar-refractivity contribution in [1.82, 2.24) is 20.4 Å². The Bertz CT molecular complexity index is 395. The third-order valence-corrected chi connectivity index (χ3v) is 3.72. The van der Waals surface area contributed by atoms with Gasteiger partial charge in [-0.25, -0.2) is 0 Å². The van der Waals surface area contributed by atoms with Gasteiger partial charge in [0.05, 0.1) is 18.6 Å². The first-order valence-corrected chi connectivity index (χ1v) is 6.68. The molecule has 3 rings (SSSR count). The molecule has 2 unspecified atom stereocenters. The smallest absolute Gasteiger partial charge is 0.229 e. The van der Waals surface area contributed by atoms with Gasteiger partial charge in [0, 0.05) is 26.2 Å². The molecule has 1 aromatic heterocycles. The Morgan fingerprint density at radius 1 is 1.47 bits per heavy atom. The van der Waals surface area contributed by atoms with Crippen LogP contribution in [0.3, 0.4) is 0 Å². The summed E-state index contributed by atoms with van der Waals surface area (Å²) in [6.07, 6.45) is 3.25. The standard InChI is InChI=1S/C12H20N4O2.ClH/c1-16-5-4-13-8-10(16)12-14-11(18-15-12)7-9-3-2-6-17-9;/h9-10,13H,2-8H2,1H3;1H. The first-order chi connectivity index (χ1) is 8.83. The third-order valence-electron chi connectivity index (χ3n) is 3.72. The Hall–Kier alpha value is -0.690. The molecule has 2 atom stereocenters. The number of ether oxygens (including phenoxy) is 1. The average Bonchev–Trinajstić information content (AvgIpc) is 3.02. The summed E-state index contributed by atoms with van der Waals surface area (Å²) in [4.78, 5) is 6.77. The van der Waals surface area contributed by atoms with Gasteiger partial charge >= 0.3 is 0 Å². The summed E-state index contributed by atoms with van der Waals surface area (Å²) in [6.45, 7) is 3.78. The maximum absolute atomic E-state index is 5.58. The first-order valence-electron chi connectivity index (χ1n) is 6.68. The van der Waals surface area contributed by atoms with Crippen LogP contribution in [0.4, 0.5) is 0 Å². The van der Waals surface area contributed by atoms with Crippen molar-refractivity contribution in [3.8, 4) is 0 Å². The minimum Gasteiger partial charge on any atom is -0.378 e. The lowest BCUT2D eigenvalue weighted by Gasteiger charge is -2.30. The number of piperazine rings is 1. The Labute approximate surface area is 119 Å². The van der Waals surface area contributed by atoms with E-state index in [2.05, 4.69) is 27.4 Å². The Morgan fingerprint density at radius 3 is 3.11 bits per heavy atom. The monoisotopic (exact) mass is 288 g/mol. The topological polar surface area (TPSA) is 63.4 Å². The summed E-state index contributed by atoms with van der Waals surface area (Å²) in [5, 5.41) is 7.47. The van der Waals surface area contributed by atoms with Crippen LogP contribution in [0, 0.1) is 0 Å². The quantitative estimate of drug-likeness (QED) is 0.887. The van der Waals surface area contributed by atoms with E-state index in [1.54, 1.807) is 0 Å². The van der Waals surface area contributed by atoms with Gasteiger partial charge in [-0.2, -0.15) is 4.98 Å². The zero-order chi connectivity index (χ0) is 12.4. The van der Waals surface area contributed by atoms with E-state index in [0.29, 0.717) is 5.89 Å². The fourth-order valence-electron chi connectivity index (χ4n) is 2.58. The molecule has 2 saturated heterocycles. The van der Waals surface area contributed by atoms with E-state index in [1.165, 1.54) is 0 Å². The number of hydrogen-bond acceptors (Lipinski definition) is 6. The van der Waals surface area contributed by atoms with Crippen LogP contribution in [0.15, 0.2) is 4.52 Å². The molecule has 1 aromatic rings. The lowest BCUT2D eigenvalue weighted by atomic mass is 10.2. The van der Waals surface area contributed by atoms with E-state index in [1.807, 2.05) is 0 Å². The molecule has 0 amide bonds. The fourth-order valence-corrected chi connectivity index (χ4v) is 2.58. The second-order valence-corrected chi connectivity index (χ2v) is 5.09. The molecule has 2 fully saturated rings. The van der Waals surface area contributed by atoms with Crippen LogP contribution in [-0.4, -0.2) is 54.4 Å². The van der Waals surface area contributed by atoms with Gasteiger partial charge in [-0.1, -0.05) is 5.16 Å². The van der Waals surface area contributed by atoms with Gasteiger partial charge in [-0.3, -0.25) is 4.90 Å². The van der Waals surface area contributed by atoms with Gasteiger partial charge in [-0.05, 0) is 19.9 Å². The van der Waals surface area contributed by atoms with Crippen LogP contribution in [0.1, 0.15) is 30.6 Å². The predicted molar refractivity (Wildman–Crippen MR) is 72.5 cm³/mol. The van der Waals surface area contributed by atoms with Crippen molar-refractivity contribution in [1.29, 1.82) is 0 Å². The molecule has 19 heavy (non-hydrogen) atoms. The van der Waals surface area contributed by atoms with Crippen LogP contribution in [0.2, 0.25) is 0 Å². The zero-order valence-corrected chi connectivity index (χ0v) is 12.0. The van der Waals surface area contributed by atoms with Gasteiger partial charge < -0.3 is 14.6 Å². The van der Waals surface area contributed by atoms with Crippen molar-refractivity contribution in [2.75, 3.05) is 33.3 Å². The summed E-state index contributed by atoms with van der Waals surface area (Å²) < 4.78 is 10.9. The summed E-state index contributed by atoms with van der Waals surface area (Å²) in [5.74, 6) is 1.49. The van der Waals surface area contributed by atoms with Gasteiger partial charge in [0.2, 0.25) is 5.89 Å². The van der Waals surface area contributed by atoms with Crippen molar-refractivity contribution in [2.24, 2.45) is 0 Å². The minimum absolute atomic E-state index is 0. The van der Waals surface area contributed by atoms with Gasteiger partial charge in [0.25, 0.3) is 0 Å². The summed E-state index contributed by atoms with van der Waals surface area (Å²) >= 11 is 0. The molecule has 7 heteroatoms. The molecular weight excluding hydrogens is 268 g/mol. The van der Waals surface area contributed by atoms with Crippen molar-refractivity contribution in [2.45, 2.75) is 31.4 Å². The number of hydrogen-bond donors (Lipinski definition) is 1. The van der Waals surface area contributed by atoms with Crippen molar-refractivity contribution in [3.63, 3.8) is 0 Å². The highest BCUT2D eigenvalue weighted by molar-refractivity contribution is 5.85. The molecule has 0 spiro atoms. The summed E-state index contributed by atoms with van der Waals surface area (Å²) in [6, 6.07) is 0.223. The van der Waals surface area contributed by atoms with E-state index >= 15 is 0 Å². The second kappa shape index (κ2) is 6.65. The van der Waals surface area contributed by atoms with Crippen LogP contribution >= 0.6 is 12.4 Å². The lowest BCUT2D eigenvalue weighted by molar-refractivity contribution is 0.104.